The number of benzene rings is 2. The average molecular weight is 384 g/mol. The van der Waals surface area contributed by atoms with E-state index in [1.807, 2.05) is 38.1 Å². The highest BCUT2D eigenvalue weighted by molar-refractivity contribution is 7.93. The predicted octanol–water partition coefficient (Wildman–Crippen LogP) is 3.80. The lowest BCUT2D eigenvalue weighted by molar-refractivity contribution is 0.401. The van der Waals surface area contributed by atoms with Gasteiger partial charge in [0.1, 0.15) is 10.6 Å². The SMILES string of the molecule is COc1cc(-c2cc(C)no2)ccc1S(=O)(=O)N1c2ccccc2C[C@@H]1C. The molecule has 0 radical (unpaired) electrons. The summed E-state index contributed by atoms with van der Waals surface area (Å²) >= 11 is 0. The topological polar surface area (TPSA) is 72.6 Å². The molecule has 27 heavy (non-hydrogen) atoms. The van der Waals surface area contributed by atoms with E-state index in [2.05, 4.69) is 5.16 Å². The maximum absolute atomic E-state index is 13.4. The summed E-state index contributed by atoms with van der Waals surface area (Å²) in [6.45, 7) is 3.74. The van der Waals surface area contributed by atoms with E-state index in [-0.39, 0.29) is 16.7 Å². The van der Waals surface area contributed by atoms with Crippen molar-refractivity contribution in [2.75, 3.05) is 11.4 Å². The molecule has 1 aliphatic heterocycles. The second-order valence-electron chi connectivity index (χ2n) is 6.68. The molecule has 0 aliphatic carbocycles. The Balaban J connectivity index is 1.80. The fourth-order valence-electron chi connectivity index (χ4n) is 3.54. The van der Waals surface area contributed by atoms with Crippen LogP contribution < -0.4 is 9.04 Å². The van der Waals surface area contributed by atoms with Crippen molar-refractivity contribution in [1.29, 1.82) is 0 Å². The van der Waals surface area contributed by atoms with Crippen molar-refractivity contribution in [3.8, 4) is 17.1 Å². The van der Waals surface area contributed by atoms with Crippen LogP contribution in [0.25, 0.3) is 11.3 Å². The molecule has 0 saturated heterocycles. The fraction of sp³-hybridized carbons (Fsp3) is 0.250. The van der Waals surface area contributed by atoms with Gasteiger partial charge in [-0.05, 0) is 50.1 Å². The smallest absolute Gasteiger partial charge is 0.268 e. The van der Waals surface area contributed by atoms with Crippen LogP contribution in [0, 0.1) is 6.92 Å². The largest absolute Gasteiger partial charge is 0.495 e. The second-order valence-corrected chi connectivity index (χ2v) is 8.46. The van der Waals surface area contributed by atoms with Gasteiger partial charge in [0, 0.05) is 17.7 Å². The maximum atomic E-state index is 13.4. The number of hydrogen-bond donors (Lipinski definition) is 0. The van der Waals surface area contributed by atoms with Gasteiger partial charge in [0.2, 0.25) is 0 Å². The number of nitrogens with zero attached hydrogens (tertiary/aromatic N) is 2. The highest BCUT2D eigenvalue weighted by Crippen LogP contribution is 2.39. The van der Waals surface area contributed by atoms with Crippen molar-refractivity contribution < 1.29 is 17.7 Å². The van der Waals surface area contributed by atoms with Crippen LogP contribution in [-0.2, 0) is 16.4 Å². The molecule has 2 aromatic carbocycles. The molecule has 1 atom stereocenters. The van der Waals surface area contributed by atoms with Crippen molar-refractivity contribution in [1.82, 2.24) is 5.16 Å². The molecule has 140 valence electrons. The summed E-state index contributed by atoms with van der Waals surface area (Å²) < 4.78 is 39.1. The predicted molar refractivity (Wildman–Crippen MR) is 103 cm³/mol. The van der Waals surface area contributed by atoms with Gasteiger partial charge in [0.25, 0.3) is 10.0 Å². The van der Waals surface area contributed by atoms with Crippen LogP contribution in [0.3, 0.4) is 0 Å². The monoisotopic (exact) mass is 384 g/mol. The van der Waals surface area contributed by atoms with E-state index >= 15 is 0 Å². The third-order valence-corrected chi connectivity index (χ3v) is 6.73. The Morgan fingerprint density at radius 2 is 1.96 bits per heavy atom. The van der Waals surface area contributed by atoms with Gasteiger partial charge >= 0.3 is 0 Å². The number of rotatable bonds is 4. The van der Waals surface area contributed by atoms with E-state index < -0.39 is 10.0 Å². The number of aromatic nitrogens is 1. The van der Waals surface area contributed by atoms with Crippen LogP contribution >= 0.6 is 0 Å². The van der Waals surface area contributed by atoms with Crippen LogP contribution in [0.4, 0.5) is 5.69 Å². The first-order chi connectivity index (χ1) is 12.9. The quantitative estimate of drug-likeness (QED) is 0.684. The van der Waals surface area contributed by atoms with Crippen molar-refractivity contribution >= 4 is 15.7 Å². The lowest BCUT2D eigenvalue weighted by Crippen LogP contribution is -2.35. The Labute approximate surface area is 158 Å². The maximum Gasteiger partial charge on any atom is 0.268 e. The number of para-hydroxylation sites is 1. The van der Waals surface area contributed by atoms with Gasteiger partial charge in [0.05, 0.1) is 18.5 Å². The number of anilines is 1. The number of hydrogen-bond acceptors (Lipinski definition) is 5. The van der Waals surface area contributed by atoms with Crippen molar-refractivity contribution in [2.45, 2.75) is 31.2 Å². The Kier molecular flexibility index (Phi) is 4.19. The van der Waals surface area contributed by atoms with Crippen LogP contribution in [0.2, 0.25) is 0 Å². The molecule has 7 heteroatoms. The van der Waals surface area contributed by atoms with Crippen molar-refractivity contribution in [3.05, 3.63) is 59.8 Å². The third kappa shape index (κ3) is 2.88. The minimum absolute atomic E-state index is 0.133. The van der Waals surface area contributed by atoms with Gasteiger partial charge in [-0.25, -0.2) is 8.42 Å². The van der Waals surface area contributed by atoms with Crippen molar-refractivity contribution in [3.63, 3.8) is 0 Å². The average Bonchev–Trinajstić information content (AvgIpc) is 3.23. The number of methoxy groups -OCH3 is 1. The lowest BCUT2D eigenvalue weighted by Gasteiger charge is -2.25. The van der Waals surface area contributed by atoms with Gasteiger partial charge in [-0.15, -0.1) is 0 Å². The number of fused-ring (bicyclic) bond motifs is 1. The summed E-state index contributed by atoms with van der Waals surface area (Å²) in [4.78, 5) is 0.133. The first-order valence-electron chi connectivity index (χ1n) is 8.66. The summed E-state index contributed by atoms with van der Waals surface area (Å²) in [5.41, 5.74) is 3.22. The molecule has 0 fully saturated rings. The Morgan fingerprint density at radius 1 is 1.19 bits per heavy atom. The van der Waals surface area contributed by atoms with E-state index in [4.69, 9.17) is 9.26 Å². The lowest BCUT2D eigenvalue weighted by atomic mass is 10.1. The van der Waals surface area contributed by atoms with Gasteiger partial charge in [-0.3, -0.25) is 4.31 Å². The molecular formula is C20H20N2O4S. The zero-order valence-electron chi connectivity index (χ0n) is 15.3. The summed E-state index contributed by atoms with van der Waals surface area (Å²) in [5.74, 6) is 0.841. The van der Waals surface area contributed by atoms with E-state index in [9.17, 15) is 8.42 Å². The molecule has 0 saturated carbocycles. The Morgan fingerprint density at radius 3 is 2.67 bits per heavy atom. The van der Waals surface area contributed by atoms with Gasteiger partial charge < -0.3 is 9.26 Å². The minimum atomic E-state index is -3.78. The second kappa shape index (κ2) is 6.42. The summed E-state index contributed by atoms with van der Waals surface area (Å²) in [5, 5.41) is 3.88. The highest BCUT2D eigenvalue weighted by atomic mass is 32.2. The van der Waals surface area contributed by atoms with E-state index in [1.165, 1.54) is 11.4 Å². The van der Waals surface area contributed by atoms with Crippen LogP contribution in [0.1, 0.15) is 18.2 Å². The third-order valence-electron chi connectivity index (χ3n) is 4.76. The normalized spacial score (nSPS) is 16.4. The van der Waals surface area contributed by atoms with Crippen LogP contribution in [0.5, 0.6) is 5.75 Å². The Hall–Kier alpha value is -2.80. The van der Waals surface area contributed by atoms with Crippen molar-refractivity contribution in [2.24, 2.45) is 0 Å². The summed E-state index contributed by atoms with van der Waals surface area (Å²) in [6.07, 6.45) is 0.688. The number of ether oxygens (including phenoxy) is 1. The molecule has 2 heterocycles. The van der Waals surface area contributed by atoms with Crippen LogP contribution in [-0.4, -0.2) is 26.7 Å². The summed E-state index contributed by atoms with van der Waals surface area (Å²) in [6, 6.07) is 14.2. The molecular weight excluding hydrogens is 364 g/mol. The van der Waals surface area contributed by atoms with E-state index in [1.54, 1.807) is 24.3 Å². The number of aryl methyl sites for hydroxylation is 1. The fourth-order valence-corrected chi connectivity index (χ4v) is 5.38. The zero-order valence-corrected chi connectivity index (χ0v) is 16.2. The molecule has 0 bridgehead atoms. The molecule has 0 amide bonds. The van der Waals surface area contributed by atoms with Gasteiger partial charge in [-0.1, -0.05) is 23.4 Å². The first kappa shape index (κ1) is 17.6. The molecule has 1 aromatic heterocycles. The van der Waals surface area contributed by atoms with Crippen LogP contribution in [0.15, 0.2) is 57.9 Å². The molecule has 0 unspecified atom stereocenters. The first-order valence-corrected chi connectivity index (χ1v) is 10.1. The molecule has 4 rings (SSSR count). The number of sulfonamides is 1. The molecule has 6 nitrogen and oxygen atoms in total. The minimum Gasteiger partial charge on any atom is -0.495 e. The molecule has 1 aliphatic rings. The van der Waals surface area contributed by atoms with E-state index in [0.717, 1.165) is 16.9 Å². The molecule has 0 spiro atoms. The summed E-state index contributed by atoms with van der Waals surface area (Å²) in [7, 11) is -2.31. The zero-order chi connectivity index (χ0) is 19.2. The highest BCUT2D eigenvalue weighted by Gasteiger charge is 2.37. The van der Waals surface area contributed by atoms with Gasteiger partial charge in [0.15, 0.2) is 5.76 Å². The Bertz CT molecular complexity index is 1100. The standard InChI is InChI=1S/C20H20N2O4S/c1-13-10-18(26-21-13)16-8-9-20(19(12-16)25-3)27(23,24)22-14(2)11-15-6-4-5-7-17(15)22/h4-10,12,14H,11H2,1-3H3/t14-/m0/s1. The van der Waals surface area contributed by atoms with Gasteiger partial charge in [-0.2, -0.15) is 0 Å². The van der Waals surface area contributed by atoms with E-state index in [0.29, 0.717) is 17.7 Å². The molecule has 3 aromatic rings. The molecule has 0 N–H and O–H groups in total.